The Bertz CT molecular complexity index is 2130. The molecule has 0 bridgehead atoms. The number of carbonyl (C=O) groups is 2. The van der Waals surface area contributed by atoms with Crippen molar-refractivity contribution in [3.8, 4) is 17.2 Å². The summed E-state index contributed by atoms with van der Waals surface area (Å²) in [5.41, 5.74) is 3.63. The number of aliphatic hydroxyl groups is 4. The first-order valence-corrected chi connectivity index (χ1v) is 19.5. The Balaban J connectivity index is 1.22. The molecule has 1 saturated carbocycles. The van der Waals surface area contributed by atoms with E-state index in [1.807, 2.05) is 18.2 Å². The molecule has 0 aromatic heterocycles. The first kappa shape index (κ1) is 38.7. The molecule has 1 aliphatic carbocycles. The van der Waals surface area contributed by atoms with Gasteiger partial charge in [0, 0.05) is 42.2 Å². The molecule has 2 fully saturated rings. The second-order valence-corrected chi connectivity index (χ2v) is 15.8. The number of hydrogen-bond acceptors (Lipinski definition) is 12. The van der Waals surface area contributed by atoms with Crippen molar-refractivity contribution in [1.29, 1.82) is 0 Å². The molecular weight excluding hydrogens is 734 g/mol. The number of aliphatic imine (C=N–C) groups is 2. The summed E-state index contributed by atoms with van der Waals surface area (Å²) in [7, 11) is 0. The molecule has 8 rings (SSSR count). The van der Waals surface area contributed by atoms with Crippen molar-refractivity contribution in [2.24, 2.45) is 9.98 Å². The molecule has 4 heterocycles. The maximum atomic E-state index is 14.6. The second kappa shape index (κ2) is 15.3. The minimum absolute atomic E-state index is 0.00891. The van der Waals surface area contributed by atoms with Gasteiger partial charge in [0.1, 0.15) is 42.9 Å². The second-order valence-electron chi connectivity index (χ2n) is 15.8. The van der Waals surface area contributed by atoms with Gasteiger partial charge in [-0.3, -0.25) is 19.7 Å². The SMILES string of the molecule is O=C(O)C1C(CC2(c3ccccc3)CCCCC2)c2cc(O)c3c(c2N1C(=O)C=Cc1ccc(O)c(CC2=NCN=C2)c1)CCC1(O3)OC(CO)C(O)C(O)C1O. The predicted octanol–water partition coefficient (Wildman–Crippen LogP) is 3.51. The zero-order valence-electron chi connectivity index (χ0n) is 31.3. The van der Waals surface area contributed by atoms with Crippen molar-refractivity contribution in [3.05, 3.63) is 88.5 Å². The monoisotopic (exact) mass is 781 g/mol. The molecule has 14 nitrogen and oxygen atoms in total. The lowest BCUT2D eigenvalue weighted by Crippen LogP contribution is -2.68. The van der Waals surface area contributed by atoms with E-state index in [4.69, 9.17) is 9.47 Å². The number of phenolic OH excluding ortho intramolecular Hbond substituents is 2. The number of aliphatic carboxylic acids is 1. The quantitative estimate of drug-likeness (QED) is 0.156. The van der Waals surface area contributed by atoms with E-state index < -0.39 is 66.1 Å². The van der Waals surface area contributed by atoms with Crippen LogP contribution in [0.4, 0.5) is 5.69 Å². The lowest BCUT2D eigenvalue weighted by atomic mass is 9.63. The number of carboxylic acids is 1. The zero-order chi connectivity index (χ0) is 40.1. The Morgan fingerprint density at radius 1 is 0.947 bits per heavy atom. The molecule has 4 aliphatic heterocycles. The lowest BCUT2D eigenvalue weighted by Gasteiger charge is -2.50. The molecule has 7 N–H and O–H groups in total. The van der Waals surface area contributed by atoms with Gasteiger partial charge in [0.25, 0.3) is 5.91 Å². The Morgan fingerprint density at radius 3 is 2.42 bits per heavy atom. The molecular formula is C43H47N3O11. The van der Waals surface area contributed by atoms with Crippen LogP contribution in [0, 0.1) is 0 Å². The van der Waals surface area contributed by atoms with Crippen LogP contribution in [0.15, 0.2) is 70.7 Å². The van der Waals surface area contributed by atoms with Crippen LogP contribution in [0.5, 0.6) is 17.2 Å². The number of phenols is 2. The Labute approximate surface area is 329 Å². The van der Waals surface area contributed by atoms with E-state index in [1.165, 1.54) is 23.1 Å². The molecule has 14 heteroatoms. The number of ether oxygens (including phenoxy) is 2. The number of nitrogens with zero attached hydrogens (tertiary/aromatic N) is 3. The van der Waals surface area contributed by atoms with E-state index in [0.717, 1.165) is 37.7 Å². The Morgan fingerprint density at radius 2 is 1.72 bits per heavy atom. The number of rotatable bonds is 9. The minimum atomic E-state index is -1.98. The zero-order valence-corrected chi connectivity index (χ0v) is 31.3. The fourth-order valence-electron chi connectivity index (χ4n) is 9.66. The summed E-state index contributed by atoms with van der Waals surface area (Å²) < 4.78 is 12.1. The van der Waals surface area contributed by atoms with Crippen LogP contribution in [-0.2, 0) is 32.6 Å². The first-order chi connectivity index (χ1) is 27.4. The van der Waals surface area contributed by atoms with Gasteiger partial charge in [0.05, 0.1) is 18.0 Å². The summed E-state index contributed by atoms with van der Waals surface area (Å²) in [5, 5.41) is 75.6. The van der Waals surface area contributed by atoms with Crippen molar-refractivity contribution >= 4 is 35.6 Å². The highest BCUT2D eigenvalue weighted by molar-refractivity contribution is 6.32. The molecule has 1 saturated heterocycles. The van der Waals surface area contributed by atoms with Gasteiger partial charge in [0.2, 0.25) is 5.79 Å². The van der Waals surface area contributed by atoms with Crippen LogP contribution in [0.25, 0.3) is 6.08 Å². The normalized spacial score (nSPS) is 28.9. The number of carboxylic acid groups (broad SMARTS) is 1. The van der Waals surface area contributed by atoms with Gasteiger partial charge in [-0.15, -0.1) is 0 Å². The molecule has 300 valence electrons. The number of amides is 1. The van der Waals surface area contributed by atoms with E-state index in [0.29, 0.717) is 47.5 Å². The lowest BCUT2D eigenvalue weighted by molar-refractivity contribution is -0.342. The van der Waals surface area contributed by atoms with E-state index >= 15 is 0 Å². The molecule has 7 atom stereocenters. The topological polar surface area (TPSA) is 222 Å². The number of hydrogen-bond donors (Lipinski definition) is 7. The third-order valence-electron chi connectivity index (χ3n) is 12.5. The molecule has 3 aromatic carbocycles. The van der Waals surface area contributed by atoms with Gasteiger partial charge in [-0.25, -0.2) is 4.79 Å². The summed E-state index contributed by atoms with van der Waals surface area (Å²) in [4.78, 5) is 37.9. The molecule has 57 heavy (non-hydrogen) atoms. The van der Waals surface area contributed by atoms with Gasteiger partial charge in [-0.05, 0) is 72.1 Å². The maximum absolute atomic E-state index is 14.6. The van der Waals surface area contributed by atoms with E-state index in [-0.39, 0.29) is 35.8 Å². The van der Waals surface area contributed by atoms with Crippen LogP contribution in [0.2, 0.25) is 0 Å². The number of benzene rings is 3. The molecule has 7 unspecified atom stereocenters. The molecule has 1 amide bonds. The van der Waals surface area contributed by atoms with E-state index in [2.05, 4.69) is 22.1 Å². The maximum Gasteiger partial charge on any atom is 0.327 e. The summed E-state index contributed by atoms with van der Waals surface area (Å²) in [6, 6.07) is 15.0. The molecule has 0 radical (unpaired) electrons. The summed E-state index contributed by atoms with van der Waals surface area (Å²) in [6.07, 6.45) is 3.25. The minimum Gasteiger partial charge on any atom is -0.508 e. The van der Waals surface area contributed by atoms with E-state index in [9.17, 15) is 45.3 Å². The Hall–Kier alpha value is -5.12. The third kappa shape index (κ3) is 6.88. The van der Waals surface area contributed by atoms with Crippen molar-refractivity contribution in [1.82, 2.24) is 0 Å². The average Bonchev–Trinajstić information content (AvgIpc) is 3.85. The van der Waals surface area contributed by atoms with E-state index in [1.54, 1.807) is 24.4 Å². The van der Waals surface area contributed by atoms with Crippen LogP contribution >= 0.6 is 0 Å². The summed E-state index contributed by atoms with van der Waals surface area (Å²) >= 11 is 0. The number of aromatic hydroxyl groups is 2. The largest absolute Gasteiger partial charge is 0.508 e. The molecule has 5 aliphatic rings. The van der Waals surface area contributed by atoms with Crippen LogP contribution in [-0.4, -0.2) is 109 Å². The van der Waals surface area contributed by atoms with Crippen molar-refractivity contribution in [2.45, 2.75) is 105 Å². The fourth-order valence-corrected chi connectivity index (χ4v) is 9.66. The Kier molecular flexibility index (Phi) is 10.4. The van der Waals surface area contributed by atoms with Crippen LogP contribution in [0.1, 0.15) is 78.7 Å². The summed E-state index contributed by atoms with van der Waals surface area (Å²) in [6.45, 7) is -0.362. The van der Waals surface area contributed by atoms with Crippen LogP contribution < -0.4 is 9.64 Å². The number of carbonyl (C=O) groups excluding carboxylic acids is 1. The van der Waals surface area contributed by atoms with Gasteiger partial charge in [0.15, 0.2) is 11.5 Å². The summed E-state index contributed by atoms with van der Waals surface area (Å²) in [5.74, 6) is -5.06. The van der Waals surface area contributed by atoms with Crippen molar-refractivity contribution in [2.75, 3.05) is 18.2 Å². The number of aliphatic hydroxyl groups excluding tert-OH is 4. The fraction of sp³-hybridized carbons (Fsp3) is 0.442. The third-order valence-corrected chi connectivity index (χ3v) is 12.5. The number of fused-ring (bicyclic) bond motifs is 3. The highest BCUT2D eigenvalue weighted by Crippen LogP contribution is 2.58. The average molecular weight is 782 g/mol. The van der Waals surface area contributed by atoms with Crippen LogP contribution in [0.3, 0.4) is 0 Å². The smallest absolute Gasteiger partial charge is 0.327 e. The molecule has 1 spiro atoms. The predicted molar refractivity (Wildman–Crippen MR) is 209 cm³/mol. The highest BCUT2D eigenvalue weighted by Gasteiger charge is 2.58. The standard InChI is InChI=1S/C43H47N3O11/c47-22-33-37(51)38(52)40(53)43(56-33)16-13-28-35-29(19-32(49)39(28)57-43)30(20-42(14-5-2-6-15-42)26-7-3-1-4-8-26)36(41(54)55)46(35)34(50)12-10-24-9-11-31(48)25(17-24)18-27-21-44-23-45-27/h1,3-4,7-12,17,19,21,30,33,36-38,40,47-49,51-53H,2,5-6,13-16,18,20,22-23H2,(H,54,55). The van der Waals surface area contributed by atoms with Crippen molar-refractivity contribution < 1.29 is 54.8 Å². The van der Waals surface area contributed by atoms with Gasteiger partial charge < -0.3 is 45.2 Å². The van der Waals surface area contributed by atoms with Gasteiger partial charge >= 0.3 is 5.97 Å². The van der Waals surface area contributed by atoms with Gasteiger partial charge in [-0.2, -0.15) is 0 Å². The van der Waals surface area contributed by atoms with Crippen molar-refractivity contribution in [3.63, 3.8) is 0 Å². The molecule has 3 aromatic rings. The first-order valence-electron chi connectivity index (χ1n) is 19.5. The number of anilines is 1. The highest BCUT2D eigenvalue weighted by atomic mass is 16.7. The van der Waals surface area contributed by atoms with Gasteiger partial charge in [-0.1, -0.05) is 55.7 Å².